The molecule has 1 amide bonds. The first-order valence-electron chi connectivity index (χ1n) is 6.33. The topological polar surface area (TPSA) is 58.4 Å². The number of nitrogens with two attached hydrogens (primary N) is 1. The molecule has 1 aromatic carbocycles. The van der Waals surface area contributed by atoms with E-state index in [1.54, 1.807) is 4.90 Å². The second kappa shape index (κ2) is 5.32. The smallest absolute Gasteiger partial charge is 0.336 e. The first-order valence-corrected chi connectivity index (χ1v) is 6.33. The number of amides is 1. The average Bonchev–Trinajstić information content (AvgIpc) is 2.82. The Morgan fingerprint density at radius 1 is 1.45 bits per heavy atom. The van der Waals surface area contributed by atoms with Gasteiger partial charge in [0, 0.05) is 12.6 Å². The zero-order chi connectivity index (χ0) is 14.9. The molecular weight excluding hydrogens is 271 g/mol. The van der Waals surface area contributed by atoms with Crippen molar-refractivity contribution >= 4 is 11.6 Å². The third-order valence-corrected chi connectivity index (χ3v) is 3.55. The molecule has 0 spiro atoms. The van der Waals surface area contributed by atoms with Gasteiger partial charge in [0.05, 0.1) is 16.8 Å². The number of likely N-dealkylation sites (tertiary alicyclic amines) is 1. The van der Waals surface area contributed by atoms with Crippen LogP contribution in [-0.2, 0) is 6.18 Å². The van der Waals surface area contributed by atoms with Crippen LogP contribution in [0.5, 0.6) is 0 Å². The first-order chi connectivity index (χ1) is 9.34. The predicted molar refractivity (Wildman–Crippen MR) is 69.0 cm³/mol. The van der Waals surface area contributed by atoms with Crippen LogP contribution < -0.4 is 11.3 Å². The zero-order valence-electron chi connectivity index (χ0n) is 11.0. The van der Waals surface area contributed by atoms with E-state index in [4.69, 9.17) is 5.84 Å². The third kappa shape index (κ3) is 2.72. The van der Waals surface area contributed by atoms with Crippen molar-refractivity contribution in [1.29, 1.82) is 0 Å². The van der Waals surface area contributed by atoms with Gasteiger partial charge < -0.3 is 10.3 Å². The van der Waals surface area contributed by atoms with E-state index in [2.05, 4.69) is 5.43 Å². The molecule has 1 unspecified atom stereocenters. The lowest BCUT2D eigenvalue weighted by Gasteiger charge is -2.23. The summed E-state index contributed by atoms with van der Waals surface area (Å²) in [4.78, 5) is 14.0. The van der Waals surface area contributed by atoms with E-state index >= 15 is 0 Å². The number of halogens is 3. The Morgan fingerprint density at radius 2 is 2.15 bits per heavy atom. The summed E-state index contributed by atoms with van der Waals surface area (Å²) in [5, 5.41) is 0. The van der Waals surface area contributed by atoms with E-state index in [9.17, 15) is 18.0 Å². The predicted octanol–water partition coefficient (Wildman–Crippen LogP) is 2.62. The molecule has 0 aromatic heterocycles. The van der Waals surface area contributed by atoms with E-state index in [1.807, 2.05) is 6.92 Å². The highest BCUT2D eigenvalue weighted by Gasteiger charge is 2.33. The van der Waals surface area contributed by atoms with Gasteiger partial charge in [0.1, 0.15) is 0 Å². The molecule has 1 atom stereocenters. The molecule has 1 saturated heterocycles. The van der Waals surface area contributed by atoms with E-state index < -0.39 is 17.6 Å². The van der Waals surface area contributed by atoms with Crippen LogP contribution in [0.4, 0.5) is 18.9 Å². The van der Waals surface area contributed by atoms with E-state index in [-0.39, 0.29) is 17.3 Å². The van der Waals surface area contributed by atoms with Gasteiger partial charge in [0.15, 0.2) is 0 Å². The SMILES string of the molecule is CC1CCCN1C(=O)c1cc(C(F)(F)F)ccc1NN. The molecule has 7 heteroatoms. The minimum Gasteiger partial charge on any atom is -0.336 e. The molecule has 2 rings (SSSR count). The van der Waals surface area contributed by atoms with Gasteiger partial charge >= 0.3 is 6.18 Å². The summed E-state index contributed by atoms with van der Waals surface area (Å²) >= 11 is 0. The van der Waals surface area contributed by atoms with Gasteiger partial charge in [-0.1, -0.05) is 0 Å². The number of hydrazine groups is 1. The van der Waals surface area contributed by atoms with Gasteiger partial charge in [0.2, 0.25) is 0 Å². The van der Waals surface area contributed by atoms with Gasteiger partial charge in [-0.15, -0.1) is 0 Å². The number of nitrogens with zero attached hydrogens (tertiary/aromatic N) is 1. The van der Waals surface area contributed by atoms with E-state index in [0.29, 0.717) is 6.54 Å². The highest BCUT2D eigenvalue weighted by atomic mass is 19.4. The number of carbonyl (C=O) groups is 1. The summed E-state index contributed by atoms with van der Waals surface area (Å²) in [6, 6.07) is 2.96. The molecule has 1 heterocycles. The van der Waals surface area contributed by atoms with Crippen LogP contribution in [0.1, 0.15) is 35.7 Å². The van der Waals surface area contributed by atoms with Crippen molar-refractivity contribution < 1.29 is 18.0 Å². The molecule has 0 aliphatic carbocycles. The van der Waals surface area contributed by atoms with Crippen LogP contribution in [-0.4, -0.2) is 23.4 Å². The fraction of sp³-hybridized carbons (Fsp3) is 0.462. The summed E-state index contributed by atoms with van der Waals surface area (Å²) in [7, 11) is 0. The number of nitrogens with one attached hydrogen (secondary N) is 1. The van der Waals surface area contributed by atoms with Gasteiger partial charge in [-0.2, -0.15) is 13.2 Å². The third-order valence-electron chi connectivity index (χ3n) is 3.55. The van der Waals surface area contributed by atoms with Crippen LogP contribution in [0.3, 0.4) is 0 Å². The van der Waals surface area contributed by atoms with Crippen molar-refractivity contribution in [3.63, 3.8) is 0 Å². The summed E-state index contributed by atoms with van der Waals surface area (Å²) in [6.45, 7) is 2.44. The fourth-order valence-corrected chi connectivity index (χ4v) is 2.41. The number of anilines is 1. The molecule has 20 heavy (non-hydrogen) atoms. The van der Waals surface area contributed by atoms with Crippen LogP contribution in [0.25, 0.3) is 0 Å². The molecule has 4 nitrogen and oxygen atoms in total. The molecule has 110 valence electrons. The number of alkyl halides is 3. The summed E-state index contributed by atoms with van der Waals surface area (Å²) in [5.41, 5.74) is 1.57. The van der Waals surface area contributed by atoms with Crippen molar-refractivity contribution in [1.82, 2.24) is 4.90 Å². The number of benzene rings is 1. The molecule has 1 aliphatic heterocycles. The number of nitrogen functional groups attached to an aromatic ring is 1. The lowest BCUT2D eigenvalue weighted by molar-refractivity contribution is -0.137. The highest BCUT2D eigenvalue weighted by molar-refractivity contribution is 6.00. The van der Waals surface area contributed by atoms with Crippen LogP contribution >= 0.6 is 0 Å². The second-order valence-electron chi connectivity index (χ2n) is 4.89. The Kier molecular flexibility index (Phi) is 3.89. The maximum Gasteiger partial charge on any atom is 0.416 e. The molecule has 0 saturated carbocycles. The normalized spacial score (nSPS) is 19.2. The number of hydrogen-bond acceptors (Lipinski definition) is 3. The lowest BCUT2D eigenvalue weighted by Crippen LogP contribution is -2.34. The Bertz CT molecular complexity index is 516. The van der Waals surface area contributed by atoms with Crippen molar-refractivity contribution in [3.05, 3.63) is 29.3 Å². The molecule has 3 N–H and O–H groups in total. The standard InChI is InChI=1S/C13H16F3N3O/c1-8-3-2-6-19(8)12(20)10-7-9(13(14,15)16)4-5-11(10)18-17/h4-5,7-8,18H,2-3,6,17H2,1H3. The highest BCUT2D eigenvalue weighted by Crippen LogP contribution is 2.32. The van der Waals surface area contributed by atoms with Crippen LogP contribution in [0.2, 0.25) is 0 Å². The summed E-state index contributed by atoms with van der Waals surface area (Å²) in [6.07, 6.45) is -2.77. The number of hydrogen-bond donors (Lipinski definition) is 2. The van der Waals surface area contributed by atoms with Gasteiger partial charge in [-0.05, 0) is 38.0 Å². The molecule has 1 fully saturated rings. The second-order valence-corrected chi connectivity index (χ2v) is 4.89. The monoisotopic (exact) mass is 287 g/mol. The largest absolute Gasteiger partial charge is 0.416 e. The molecular formula is C13H16F3N3O. The summed E-state index contributed by atoms with van der Waals surface area (Å²) < 4.78 is 38.2. The van der Waals surface area contributed by atoms with Gasteiger partial charge in [-0.25, -0.2) is 0 Å². The van der Waals surface area contributed by atoms with Crippen molar-refractivity contribution in [2.24, 2.45) is 5.84 Å². The number of rotatable bonds is 2. The quantitative estimate of drug-likeness (QED) is 0.649. The Balaban J connectivity index is 2.40. The summed E-state index contributed by atoms with van der Waals surface area (Å²) in [5.74, 6) is 4.86. The van der Waals surface area contributed by atoms with E-state index in [1.165, 1.54) is 6.07 Å². The van der Waals surface area contributed by atoms with Gasteiger partial charge in [-0.3, -0.25) is 10.6 Å². The number of carbonyl (C=O) groups excluding carboxylic acids is 1. The Hall–Kier alpha value is -1.76. The van der Waals surface area contributed by atoms with Crippen molar-refractivity contribution in [2.45, 2.75) is 32.0 Å². The molecule has 1 aromatic rings. The molecule has 0 radical (unpaired) electrons. The van der Waals surface area contributed by atoms with Crippen molar-refractivity contribution in [3.8, 4) is 0 Å². The van der Waals surface area contributed by atoms with Crippen molar-refractivity contribution in [2.75, 3.05) is 12.0 Å². The minimum absolute atomic E-state index is 0.0302. The Morgan fingerprint density at radius 3 is 2.65 bits per heavy atom. The molecule has 0 bridgehead atoms. The fourth-order valence-electron chi connectivity index (χ4n) is 2.41. The lowest BCUT2D eigenvalue weighted by atomic mass is 10.1. The van der Waals surface area contributed by atoms with E-state index in [0.717, 1.165) is 25.0 Å². The molecule has 1 aliphatic rings. The first kappa shape index (κ1) is 14.6. The average molecular weight is 287 g/mol. The van der Waals surface area contributed by atoms with Crippen LogP contribution in [0, 0.1) is 0 Å². The zero-order valence-corrected chi connectivity index (χ0v) is 11.0. The van der Waals surface area contributed by atoms with Gasteiger partial charge in [0.25, 0.3) is 5.91 Å². The maximum absolute atomic E-state index is 12.7. The minimum atomic E-state index is -4.49. The van der Waals surface area contributed by atoms with Crippen LogP contribution in [0.15, 0.2) is 18.2 Å². The maximum atomic E-state index is 12.7. The Labute approximate surface area is 114 Å².